The molecule has 1 aromatic rings. The fourth-order valence-electron chi connectivity index (χ4n) is 1.83. The summed E-state index contributed by atoms with van der Waals surface area (Å²) in [6.07, 6.45) is 7.91. The highest BCUT2D eigenvalue weighted by Crippen LogP contribution is 2.14. The molecule has 1 aliphatic rings. The van der Waals surface area contributed by atoms with Gasteiger partial charge in [0.05, 0.1) is 7.11 Å². The Morgan fingerprint density at radius 1 is 1.31 bits per heavy atom. The molecule has 1 heterocycles. The summed E-state index contributed by atoms with van der Waals surface area (Å²) in [6.45, 7) is 1.01. The number of rotatable bonds is 3. The summed E-state index contributed by atoms with van der Waals surface area (Å²) in [6, 6.07) is 8.25. The van der Waals surface area contributed by atoms with Crippen molar-refractivity contribution in [2.75, 3.05) is 13.7 Å². The quantitative estimate of drug-likeness (QED) is 0.838. The Balaban J connectivity index is 1.92. The first-order valence-corrected chi connectivity index (χ1v) is 5.76. The van der Waals surface area contributed by atoms with Gasteiger partial charge in [0.25, 0.3) is 0 Å². The standard InChI is InChI=1S/C14H18NO/c1-16-14-9-6-12(7-10-14)5-8-13-4-2-3-11-15-13/h3,6-10,15H,2,4-5,11H2,1H3. The fourth-order valence-corrected chi connectivity index (χ4v) is 1.83. The van der Waals surface area contributed by atoms with Gasteiger partial charge in [0.15, 0.2) is 0 Å². The van der Waals surface area contributed by atoms with Gasteiger partial charge < -0.3 is 10.1 Å². The van der Waals surface area contributed by atoms with Gasteiger partial charge in [0.2, 0.25) is 0 Å². The average Bonchev–Trinajstić information content (AvgIpc) is 2.38. The maximum atomic E-state index is 5.13. The Morgan fingerprint density at radius 3 is 2.75 bits per heavy atom. The summed E-state index contributed by atoms with van der Waals surface area (Å²) in [7, 11) is 1.69. The molecule has 1 N–H and O–H groups in total. The van der Waals surface area contributed by atoms with Crippen LogP contribution in [0.4, 0.5) is 0 Å². The van der Waals surface area contributed by atoms with Gasteiger partial charge in [0, 0.05) is 12.2 Å². The van der Waals surface area contributed by atoms with E-state index in [4.69, 9.17) is 4.74 Å². The van der Waals surface area contributed by atoms with Gasteiger partial charge >= 0.3 is 0 Å². The average molecular weight is 216 g/mol. The molecule has 85 valence electrons. The second-order valence-corrected chi connectivity index (χ2v) is 3.99. The Bertz CT molecular complexity index is 346. The summed E-state index contributed by atoms with van der Waals surface area (Å²) in [5.74, 6) is 0.918. The first-order valence-electron chi connectivity index (χ1n) is 5.76. The number of methoxy groups -OCH3 is 1. The van der Waals surface area contributed by atoms with Crippen LogP contribution in [0.25, 0.3) is 0 Å². The van der Waals surface area contributed by atoms with Crippen molar-refractivity contribution >= 4 is 0 Å². The highest BCUT2D eigenvalue weighted by Gasteiger charge is 2.03. The van der Waals surface area contributed by atoms with Crippen LogP contribution in [0.1, 0.15) is 18.4 Å². The highest BCUT2D eigenvalue weighted by atomic mass is 16.5. The van der Waals surface area contributed by atoms with Gasteiger partial charge in [-0.2, -0.15) is 0 Å². The number of hydrogen-bond acceptors (Lipinski definition) is 2. The number of benzene rings is 1. The van der Waals surface area contributed by atoms with Crippen LogP contribution in [-0.4, -0.2) is 13.7 Å². The third kappa shape index (κ3) is 3.02. The Morgan fingerprint density at radius 2 is 2.12 bits per heavy atom. The molecule has 2 heteroatoms. The molecule has 0 bridgehead atoms. The third-order valence-corrected chi connectivity index (χ3v) is 2.83. The molecule has 0 aromatic heterocycles. The third-order valence-electron chi connectivity index (χ3n) is 2.83. The van der Waals surface area contributed by atoms with Crippen LogP contribution in [0.15, 0.2) is 36.0 Å². The SMILES string of the molecule is COc1ccc(CC=C2CC[CH]CN2)cc1. The van der Waals surface area contributed by atoms with Crippen molar-refractivity contribution in [2.45, 2.75) is 19.3 Å². The van der Waals surface area contributed by atoms with E-state index < -0.39 is 0 Å². The molecule has 0 atom stereocenters. The van der Waals surface area contributed by atoms with Crippen molar-refractivity contribution in [3.63, 3.8) is 0 Å². The summed E-state index contributed by atoms with van der Waals surface area (Å²) in [5, 5.41) is 3.39. The largest absolute Gasteiger partial charge is 0.497 e. The smallest absolute Gasteiger partial charge is 0.118 e. The minimum absolute atomic E-state index is 0.918. The zero-order valence-corrected chi connectivity index (χ0v) is 9.70. The zero-order chi connectivity index (χ0) is 11.2. The molecule has 1 aliphatic heterocycles. The van der Waals surface area contributed by atoms with Crippen LogP contribution in [0.2, 0.25) is 0 Å². The van der Waals surface area contributed by atoms with Gasteiger partial charge in [-0.15, -0.1) is 0 Å². The number of hydrogen-bond donors (Lipinski definition) is 1. The van der Waals surface area contributed by atoms with E-state index in [9.17, 15) is 0 Å². The van der Waals surface area contributed by atoms with E-state index in [1.54, 1.807) is 7.11 Å². The molecule has 2 rings (SSSR count). The molecular weight excluding hydrogens is 198 g/mol. The van der Waals surface area contributed by atoms with E-state index in [1.165, 1.54) is 17.7 Å². The maximum Gasteiger partial charge on any atom is 0.118 e. The van der Waals surface area contributed by atoms with E-state index in [2.05, 4.69) is 29.9 Å². The number of nitrogens with one attached hydrogen (secondary N) is 1. The van der Waals surface area contributed by atoms with E-state index >= 15 is 0 Å². The van der Waals surface area contributed by atoms with Crippen molar-refractivity contribution in [3.05, 3.63) is 48.0 Å². The highest BCUT2D eigenvalue weighted by molar-refractivity contribution is 5.28. The summed E-state index contributed by atoms with van der Waals surface area (Å²) < 4.78 is 5.13. The first-order chi connectivity index (χ1) is 7.88. The minimum Gasteiger partial charge on any atom is -0.497 e. The Hall–Kier alpha value is -1.44. The van der Waals surface area contributed by atoms with Gasteiger partial charge in [-0.05, 0) is 43.4 Å². The lowest BCUT2D eigenvalue weighted by Crippen LogP contribution is -2.20. The molecule has 0 unspecified atom stereocenters. The van der Waals surface area contributed by atoms with Gasteiger partial charge in [-0.3, -0.25) is 0 Å². The van der Waals surface area contributed by atoms with Crippen LogP contribution in [0.3, 0.4) is 0 Å². The zero-order valence-electron chi connectivity index (χ0n) is 9.70. The second kappa shape index (κ2) is 5.59. The maximum absolute atomic E-state index is 5.13. The van der Waals surface area contributed by atoms with Crippen LogP contribution in [-0.2, 0) is 6.42 Å². The van der Waals surface area contributed by atoms with E-state index in [0.717, 1.165) is 25.1 Å². The Kier molecular flexibility index (Phi) is 3.86. The minimum atomic E-state index is 0.918. The van der Waals surface area contributed by atoms with E-state index in [1.807, 2.05) is 12.1 Å². The second-order valence-electron chi connectivity index (χ2n) is 3.99. The number of allylic oxidation sites excluding steroid dienone is 2. The van der Waals surface area contributed by atoms with Gasteiger partial charge in [-0.25, -0.2) is 0 Å². The molecule has 0 amide bonds. The molecular formula is C14H18NO. The molecule has 0 spiro atoms. The van der Waals surface area contributed by atoms with Crippen molar-refractivity contribution in [2.24, 2.45) is 0 Å². The van der Waals surface area contributed by atoms with Crippen molar-refractivity contribution in [1.29, 1.82) is 0 Å². The summed E-state index contributed by atoms with van der Waals surface area (Å²) >= 11 is 0. The molecule has 1 fully saturated rings. The molecule has 2 nitrogen and oxygen atoms in total. The van der Waals surface area contributed by atoms with Crippen LogP contribution in [0, 0.1) is 6.42 Å². The van der Waals surface area contributed by atoms with Crippen LogP contribution < -0.4 is 10.1 Å². The lowest BCUT2D eigenvalue weighted by molar-refractivity contribution is 0.414. The lowest BCUT2D eigenvalue weighted by atomic mass is 10.1. The van der Waals surface area contributed by atoms with Crippen LogP contribution >= 0.6 is 0 Å². The molecule has 1 aromatic carbocycles. The normalized spacial score (nSPS) is 18.2. The predicted molar refractivity (Wildman–Crippen MR) is 66.3 cm³/mol. The fraction of sp³-hybridized carbons (Fsp3) is 0.357. The topological polar surface area (TPSA) is 21.3 Å². The molecule has 0 aliphatic carbocycles. The summed E-state index contributed by atoms with van der Waals surface area (Å²) in [5.41, 5.74) is 2.70. The van der Waals surface area contributed by atoms with Crippen LogP contribution in [0.5, 0.6) is 5.75 Å². The van der Waals surface area contributed by atoms with Crippen molar-refractivity contribution in [1.82, 2.24) is 5.32 Å². The van der Waals surface area contributed by atoms with Crippen molar-refractivity contribution in [3.8, 4) is 5.75 Å². The predicted octanol–water partition coefficient (Wildman–Crippen LogP) is 2.71. The van der Waals surface area contributed by atoms with Crippen molar-refractivity contribution < 1.29 is 4.74 Å². The number of piperidine rings is 1. The number of ether oxygens (including phenoxy) is 1. The Labute approximate surface area is 97.3 Å². The van der Waals surface area contributed by atoms with E-state index in [0.29, 0.717) is 0 Å². The molecule has 16 heavy (non-hydrogen) atoms. The van der Waals surface area contributed by atoms with Gasteiger partial charge in [0.1, 0.15) is 5.75 Å². The lowest BCUT2D eigenvalue weighted by Gasteiger charge is -2.16. The first kappa shape index (κ1) is 11.1. The molecule has 0 saturated carbocycles. The molecule has 1 saturated heterocycles. The van der Waals surface area contributed by atoms with Gasteiger partial charge in [-0.1, -0.05) is 18.2 Å². The monoisotopic (exact) mass is 216 g/mol. The summed E-state index contributed by atoms with van der Waals surface area (Å²) in [4.78, 5) is 0. The van der Waals surface area contributed by atoms with E-state index in [-0.39, 0.29) is 0 Å². The molecule has 1 radical (unpaired) electrons.